The van der Waals surface area contributed by atoms with E-state index in [1.54, 1.807) is 0 Å². The Morgan fingerprint density at radius 2 is 1.38 bits per heavy atom. The Morgan fingerprint density at radius 1 is 0.766 bits per heavy atom. The number of halogens is 1. The van der Waals surface area contributed by atoms with Gasteiger partial charge in [-0.3, -0.25) is 9.59 Å². The van der Waals surface area contributed by atoms with E-state index in [9.17, 15) is 9.59 Å². The molecule has 0 saturated carbocycles. The zero-order valence-electron chi connectivity index (χ0n) is 28.8. The van der Waals surface area contributed by atoms with Crippen LogP contribution in [0.2, 0.25) is 5.02 Å². The third kappa shape index (κ3) is 6.65. The van der Waals surface area contributed by atoms with E-state index in [-0.39, 0.29) is 22.4 Å². The quantitative estimate of drug-likeness (QED) is 0.243. The number of ketones is 2. The molecule has 0 spiro atoms. The van der Waals surface area contributed by atoms with Gasteiger partial charge in [-0.05, 0) is 84.4 Å². The molecule has 6 rings (SSSR count). The smallest absolute Gasteiger partial charge is 0.180 e. The lowest BCUT2D eigenvalue weighted by atomic mass is 9.63. The summed E-state index contributed by atoms with van der Waals surface area (Å²) in [6, 6.07) is 20.4. The summed E-state index contributed by atoms with van der Waals surface area (Å²) in [5.41, 5.74) is 8.46. The number of aryl methyl sites for hydroxylation is 2. The second-order valence-electron chi connectivity index (χ2n) is 15.1. The van der Waals surface area contributed by atoms with Crippen LogP contribution in [-0.4, -0.2) is 23.1 Å². The number of rotatable bonds is 8. The van der Waals surface area contributed by atoms with Crippen molar-refractivity contribution in [2.75, 3.05) is 6.61 Å². The van der Waals surface area contributed by atoms with Crippen molar-refractivity contribution < 1.29 is 19.1 Å². The number of hydrogen-bond acceptors (Lipinski definition) is 5. The highest BCUT2D eigenvalue weighted by molar-refractivity contribution is 6.32. The summed E-state index contributed by atoms with van der Waals surface area (Å²) in [5, 5.41) is 0.401. The van der Waals surface area contributed by atoms with Gasteiger partial charge in [-0.15, -0.1) is 0 Å². The van der Waals surface area contributed by atoms with E-state index >= 15 is 0 Å². The van der Waals surface area contributed by atoms with Gasteiger partial charge in [-0.1, -0.05) is 87.8 Å². The van der Waals surface area contributed by atoms with Gasteiger partial charge in [0.1, 0.15) is 6.61 Å². The zero-order valence-corrected chi connectivity index (χ0v) is 29.5. The SMILES string of the molecule is CCOc1cc(C2C3=C(CC(C)(C)CC3=O)N(Cc3ccccc3)C3=C2C(=O)CC(C)(C)C3)cc(Cl)c1OCc1ccc(C)c(C)c1. The molecule has 0 atom stereocenters. The fraction of sp³-hybridized carbons (Fsp3) is 0.415. The summed E-state index contributed by atoms with van der Waals surface area (Å²) in [6.45, 7) is 16.1. The van der Waals surface area contributed by atoms with Crippen molar-refractivity contribution in [3.63, 3.8) is 0 Å². The zero-order chi connectivity index (χ0) is 33.7. The molecule has 0 bridgehead atoms. The highest BCUT2D eigenvalue weighted by Gasteiger charge is 2.49. The maximum atomic E-state index is 14.3. The van der Waals surface area contributed by atoms with Crippen molar-refractivity contribution in [1.82, 2.24) is 4.90 Å². The third-order valence-electron chi connectivity index (χ3n) is 9.82. The van der Waals surface area contributed by atoms with E-state index in [0.717, 1.165) is 52.1 Å². The summed E-state index contributed by atoms with van der Waals surface area (Å²) in [7, 11) is 0. The number of nitrogens with zero attached hydrogens (tertiary/aromatic N) is 1. The number of allylic oxidation sites excluding steroid dienone is 4. The standard InChI is InChI=1S/C41H46ClNO4/c1-8-46-35-18-29(17-30(42)39(35)47-24-28-15-14-25(2)26(3)16-28)36-37-31(19-40(4,5)21-33(37)44)43(23-27-12-10-9-11-13-27)32-20-41(6,7)22-34(45)38(32)36/h9-18,36H,8,19-24H2,1-7H3. The molecular formula is C41H46ClNO4. The minimum absolute atomic E-state index is 0.0904. The second kappa shape index (κ2) is 12.6. The van der Waals surface area contributed by atoms with Gasteiger partial charge in [0.15, 0.2) is 23.1 Å². The van der Waals surface area contributed by atoms with Gasteiger partial charge in [0, 0.05) is 47.8 Å². The molecule has 1 aliphatic heterocycles. The summed E-state index contributed by atoms with van der Waals surface area (Å²) < 4.78 is 12.5. The molecule has 5 nitrogen and oxygen atoms in total. The van der Waals surface area contributed by atoms with Crippen LogP contribution in [0.25, 0.3) is 0 Å². The Labute approximate surface area is 284 Å². The number of carbonyl (C=O) groups excluding carboxylic acids is 2. The minimum atomic E-state index is -0.523. The lowest BCUT2D eigenvalue weighted by molar-refractivity contribution is -0.119. The van der Waals surface area contributed by atoms with E-state index in [1.807, 2.05) is 37.3 Å². The molecule has 0 N–H and O–H groups in total. The third-order valence-corrected chi connectivity index (χ3v) is 10.1. The fourth-order valence-corrected chi connectivity index (χ4v) is 7.82. The summed E-state index contributed by atoms with van der Waals surface area (Å²) in [6.07, 6.45) is 2.33. The molecule has 0 aromatic heterocycles. The largest absolute Gasteiger partial charge is 0.490 e. The van der Waals surface area contributed by atoms with E-state index in [0.29, 0.717) is 49.1 Å². The van der Waals surface area contributed by atoms with Gasteiger partial charge in [-0.25, -0.2) is 0 Å². The number of ether oxygens (including phenoxy) is 2. The highest BCUT2D eigenvalue weighted by atomic mass is 35.5. The van der Waals surface area contributed by atoms with Crippen LogP contribution in [0.1, 0.15) is 94.0 Å². The van der Waals surface area contributed by atoms with Crippen LogP contribution in [0.4, 0.5) is 0 Å². The Morgan fingerprint density at radius 3 is 1.96 bits per heavy atom. The van der Waals surface area contributed by atoms with Crippen LogP contribution in [0.3, 0.4) is 0 Å². The van der Waals surface area contributed by atoms with E-state index < -0.39 is 5.92 Å². The Kier molecular flexibility index (Phi) is 8.90. The van der Waals surface area contributed by atoms with Gasteiger partial charge in [0.25, 0.3) is 0 Å². The van der Waals surface area contributed by atoms with Crippen molar-refractivity contribution in [3.05, 3.63) is 116 Å². The normalized spacial score (nSPS) is 19.1. The van der Waals surface area contributed by atoms with Gasteiger partial charge in [0.2, 0.25) is 0 Å². The van der Waals surface area contributed by atoms with Gasteiger partial charge in [0.05, 0.1) is 11.6 Å². The molecule has 6 heteroatoms. The molecule has 0 amide bonds. The van der Waals surface area contributed by atoms with E-state index in [2.05, 4.69) is 76.8 Å². The lowest BCUT2D eigenvalue weighted by Crippen LogP contribution is -2.44. The molecule has 3 aliphatic rings. The summed E-state index contributed by atoms with van der Waals surface area (Å²) in [5.74, 6) is 0.639. The van der Waals surface area contributed by atoms with Crippen molar-refractivity contribution >= 4 is 23.2 Å². The van der Waals surface area contributed by atoms with Crippen LogP contribution >= 0.6 is 11.6 Å². The van der Waals surface area contributed by atoms with Crippen LogP contribution in [0.5, 0.6) is 11.5 Å². The Balaban J connectivity index is 1.50. The lowest BCUT2D eigenvalue weighted by Gasteiger charge is -2.49. The van der Waals surface area contributed by atoms with Crippen LogP contribution in [0.15, 0.2) is 83.2 Å². The van der Waals surface area contributed by atoms with E-state index in [1.165, 1.54) is 11.1 Å². The average Bonchev–Trinajstić information content (AvgIpc) is 2.98. The van der Waals surface area contributed by atoms with E-state index in [4.69, 9.17) is 21.1 Å². The fourth-order valence-electron chi connectivity index (χ4n) is 7.54. The molecule has 0 saturated heterocycles. The molecule has 2 aliphatic carbocycles. The van der Waals surface area contributed by atoms with Crippen LogP contribution < -0.4 is 9.47 Å². The van der Waals surface area contributed by atoms with Crippen molar-refractivity contribution in [3.8, 4) is 11.5 Å². The van der Waals surface area contributed by atoms with Gasteiger partial charge >= 0.3 is 0 Å². The van der Waals surface area contributed by atoms with Crippen LogP contribution in [0, 0.1) is 24.7 Å². The average molecular weight is 652 g/mol. The molecular weight excluding hydrogens is 606 g/mol. The molecule has 246 valence electrons. The predicted molar refractivity (Wildman–Crippen MR) is 188 cm³/mol. The summed E-state index contributed by atoms with van der Waals surface area (Å²) in [4.78, 5) is 30.9. The summed E-state index contributed by atoms with van der Waals surface area (Å²) >= 11 is 7.04. The van der Waals surface area contributed by atoms with Crippen molar-refractivity contribution in [2.45, 2.75) is 93.2 Å². The predicted octanol–water partition coefficient (Wildman–Crippen LogP) is 9.82. The first kappa shape index (κ1) is 33.1. The number of Topliss-reactive ketones (excluding diaryl/α,β-unsaturated/α-hetero) is 2. The topological polar surface area (TPSA) is 55.8 Å². The van der Waals surface area contributed by atoms with Crippen molar-refractivity contribution in [1.29, 1.82) is 0 Å². The first-order chi connectivity index (χ1) is 22.3. The highest BCUT2D eigenvalue weighted by Crippen LogP contribution is 2.56. The molecule has 47 heavy (non-hydrogen) atoms. The van der Waals surface area contributed by atoms with Gasteiger partial charge in [-0.2, -0.15) is 0 Å². The maximum absolute atomic E-state index is 14.3. The van der Waals surface area contributed by atoms with Crippen LogP contribution in [-0.2, 0) is 22.7 Å². The number of carbonyl (C=O) groups is 2. The monoisotopic (exact) mass is 651 g/mol. The molecule has 0 fully saturated rings. The first-order valence-corrected chi connectivity index (χ1v) is 17.1. The molecule has 3 aromatic carbocycles. The Bertz CT molecular complexity index is 1750. The molecule has 0 radical (unpaired) electrons. The van der Waals surface area contributed by atoms with Gasteiger partial charge < -0.3 is 14.4 Å². The molecule has 0 unspecified atom stereocenters. The number of benzene rings is 3. The van der Waals surface area contributed by atoms with Crippen molar-refractivity contribution in [2.24, 2.45) is 10.8 Å². The number of hydrogen-bond donors (Lipinski definition) is 0. The molecule has 3 aromatic rings. The maximum Gasteiger partial charge on any atom is 0.180 e. The minimum Gasteiger partial charge on any atom is -0.490 e. The first-order valence-electron chi connectivity index (χ1n) is 16.8. The molecule has 1 heterocycles. The Hall–Kier alpha value is -3.83. The second-order valence-corrected chi connectivity index (χ2v) is 15.5.